The lowest BCUT2D eigenvalue weighted by atomic mass is 10.1. The van der Waals surface area contributed by atoms with Gasteiger partial charge >= 0.3 is 0 Å². The molecule has 180 valence electrons. The molecule has 0 aliphatic carbocycles. The number of carbonyl (C=O) groups is 1. The predicted octanol–water partition coefficient (Wildman–Crippen LogP) is 5.29. The fourth-order valence-electron chi connectivity index (χ4n) is 3.08. The summed E-state index contributed by atoms with van der Waals surface area (Å²) in [7, 11) is 0. The number of carbonyl (C=O) groups excluding carboxylic acids is 1. The van der Waals surface area contributed by atoms with E-state index in [1.165, 1.54) is 35.2 Å². The van der Waals surface area contributed by atoms with Crippen LogP contribution in [0.4, 0.5) is 10.8 Å². The Kier molecular flexibility index (Phi) is 7.95. The van der Waals surface area contributed by atoms with Crippen molar-refractivity contribution < 1.29 is 14.5 Å². The van der Waals surface area contributed by atoms with Crippen molar-refractivity contribution >= 4 is 51.4 Å². The van der Waals surface area contributed by atoms with Crippen LogP contribution in [0.25, 0.3) is 11.3 Å². The zero-order chi connectivity index (χ0) is 24.8. The molecule has 0 unspecified atom stereocenters. The van der Waals surface area contributed by atoms with Crippen molar-refractivity contribution in [2.24, 2.45) is 0 Å². The monoisotopic (exact) mass is 530 g/mol. The SMILES string of the molecule is CCn1c(COc2ccccc2Cl)nnc1SCC(=O)Nc1nc(-c2cccc([N+](=O)[O-])c2)cs1. The largest absolute Gasteiger partial charge is 0.484 e. The Morgan fingerprint density at radius 2 is 2.09 bits per heavy atom. The van der Waals surface area contributed by atoms with Crippen LogP contribution in [0.15, 0.2) is 59.1 Å². The Labute approximate surface area is 213 Å². The van der Waals surface area contributed by atoms with E-state index in [1.54, 1.807) is 29.6 Å². The second kappa shape index (κ2) is 11.3. The molecule has 13 heteroatoms. The molecule has 0 bridgehead atoms. The van der Waals surface area contributed by atoms with Crippen LogP contribution in [-0.2, 0) is 17.9 Å². The molecular formula is C22H19ClN6O4S2. The summed E-state index contributed by atoms with van der Waals surface area (Å²) in [6, 6.07) is 13.4. The molecule has 0 aliphatic rings. The summed E-state index contributed by atoms with van der Waals surface area (Å²) < 4.78 is 7.63. The summed E-state index contributed by atoms with van der Waals surface area (Å²) >= 11 is 8.62. The number of amides is 1. The van der Waals surface area contributed by atoms with Gasteiger partial charge in [-0.3, -0.25) is 14.9 Å². The number of nitro groups is 1. The van der Waals surface area contributed by atoms with Crippen LogP contribution < -0.4 is 10.1 Å². The Morgan fingerprint density at radius 1 is 1.26 bits per heavy atom. The van der Waals surface area contributed by atoms with Gasteiger partial charge in [-0.1, -0.05) is 47.6 Å². The molecule has 10 nitrogen and oxygen atoms in total. The summed E-state index contributed by atoms with van der Waals surface area (Å²) in [4.78, 5) is 27.4. The number of para-hydroxylation sites is 1. The smallest absolute Gasteiger partial charge is 0.270 e. The summed E-state index contributed by atoms with van der Waals surface area (Å²) in [5.41, 5.74) is 1.14. The van der Waals surface area contributed by atoms with Crippen LogP contribution in [0.3, 0.4) is 0 Å². The topological polar surface area (TPSA) is 125 Å². The minimum atomic E-state index is -0.459. The molecule has 1 N–H and O–H groups in total. The van der Waals surface area contributed by atoms with Gasteiger partial charge in [0, 0.05) is 29.6 Å². The van der Waals surface area contributed by atoms with Crippen molar-refractivity contribution in [2.45, 2.75) is 25.2 Å². The lowest BCUT2D eigenvalue weighted by Crippen LogP contribution is -2.14. The number of anilines is 1. The molecule has 0 saturated carbocycles. The number of nitro benzene ring substituents is 1. The lowest BCUT2D eigenvalue weighted by molar-refractivity contribution is -0.384. The van der Waals surface area contributed by atoms with Gasteiger partial charge in [0.15, 0.2) is 16.1 Å². The van der Waals surface area contributed by atoms with Crippen LogP contribution in [-0.4, -0.2) is 36.3 Å². The molecule has 4 aromatic rings. The standard InChI is InChI=1S/C22H19ClN6O4S2/c1-2-28-19(11-33-18-9-4-3-8-16(18)23)26-27-22(28)35-13-20(30)25-21-24-17(12-34-21)14-6-5-7-15(10-14)29(31)32/h3-10,12H,2,11,13H2,1H3,(H,24,25,30). The van der Waals surface area contributed by atoms with Crippen molar-refractivity contribution in [3.05, 3.63) is 74.9 Å². The molecule has 0 atom stereocenters. The lowest BCUT2D eigenvalue weighted by Gasteiger charge is -2.09. The van der Waals surface area contributed by atoms with Crippen molar-refractivity contribution in [1.29, 1.82) is 0 Å². The number of thioether (sulfide) groups is 1. The number of non-ortho nitro benzene ring substituents is 1. The average Bonchev–Trinajstić information content (AvgIpc) is 3.49. The number of nitrogens with zero attached hydrogens (tertiary/aromatic N) is 5. The van der Waals surface area contributed by atoms with Gasteiger partial charge in [-0.05, 0) is 19.1 Å². The highest BCUT2D eigenvalue weighted by molar-refractivity contribution is 7.99. The highest BCUT2D eigenvalue weighted by Crippen LogP contribution is 2.28. The fraction of sp³-hybridized carbons (Fsp3) is 0.182. The quantitative estimate of drug-likeness (QED) is 0.166. The summed E-state index contributed by atoms with van der Waals surface area (Å²) in [5, 5.41) is 25.4. The minimum absolute atomic E-state index is 0.0193. The van der Waals surface area contributed by atoms with E-state index in [4.69, 9.17) is 16.3 Å². The number of aromatic nitrogens is 4. The number of benzene rings is 2. The number of nitrogens with one attached hydrogen (secondary N) is 1. The third kappa shape index (κ3) is 6.15. The Morgan fingerprint density at radius 3 is 2.86 bits per heavy atom. The Hall–Kier alpha value is -3.48. The molecule has 2 aromatic carbocycles. The van der Waals surface area contributed by atoms with Gasteiger partial charge < -0.3 is 14.6 Å². The molecule has 2 aromatic heterocycles. The number of thiazole rings is 1. The highest BCUT2D eigenvalue weighted by atomic mass is 35.5. The van der Waals surface area contributed by atoms with Gasteiger partial charge in [-0.25, -0.2) is 4.98 Å². The molecule has 0 saturated heterocycles. The van der Waals surface area contributed by atoms with E-state index in [1.807, 2.05) is 23.6 Å². The predicted molar refractivity (Wildman–Crippen MR) is 135 cm³/mol. The highest BCUT2D eigenvalue weighted by Gasteiger charge is 2.16. The van der Waals surface area contributed by atoms with E-state index in [9.17, 15) is 14.9 Å². The maximum atomic E-state index is 12.5. The molecule has 35 heavy (non-hydrogen) atoms. The fourth-order valence-corrected chi connectivity index (χ4v) is 4.83. The number of rotatable bonds is 10. The van der Waals surface area contributed by atoms with Crippen LogP contribution in [0, 0.1) is 10.1 Å². The Balaban J connectivity index is 1.34. The third-order valence-corrected chi connectivity index (χ3v) is 6.78. The van der Waals surface area contributed by atoms with Gasteiger partial charge in [-0.2, -0.15) is 0 Å². The van der Waals surface area contributed by atoms with E-state index in [0.29, 0.717) is 44.7 Å². The first-order valence-corrected chi connectivity index (χ1v) is 12.6. The number of ether oxygens (including phenoxy) is 1. The minimum Gasteiger partial charge on any atom is -0.484 e. The summed E-state index contributed by atoms with van der Waals surface area (Å²) in [5.74, 6) is 1.03. The van der Waals surface area contributed by atoms with Gasteiger partial charge in [0.25, 0.3) is 5.69 Å². The first-order chi connectivity index (χ1) is 16.9. The van der Waals surface area contributed by atoms with E-state index in [2.05, 4.69) is 20.5 Å². The van der Waals surface area contributed by atoms with E-state index in [0.717, 1.165) is 0 Å². The molecule has 0 spiro atoms. The first kappa shape index (κ1) is 24.6. The molecule has 4 rings (SSSR count). The average molecular weight is 531 g/mol. The maximum absolute atomic E-state index is 12.5. The van der Waals surface area contributed by atoms with E-state index < -0.39 is 4.92 Å². The molecule has 0 radical (unpaired) electrons. The summed E-state index contributed by atoms with van der Waals surface area (Å²) in [6.45, 7) is 2.76. The number of hydrogen-bond donors (Lipinski definition) is 1. The zero-order valence-corrected chi connectivity index (χ0v) is 20.8. The van der Waals surface area contributed by atoms with Gasteiger partial charge in [0.2, 0.25) is 5.91 Å². The molecule has 0 aliphatic heterocycles. The molecule has 2 heterocycles. The van der Waals surface area contributed by atoms with Crippen LogP contribution in [0.5, 0.6) is 5.75 Å². The molecule has 0 fully saturated rings. The van der Waals surface area contributed by atoms with Gasteiger partial charge in [-0.15, -0.1) is 21.5 Å². The first-order valence-electron chi connectivity index (χ1n) is 10.4. The number of halogens is 1. The van der Waals surface area contributed by atoms with Crippen molar-refractivity contribution in [3.63, 3.8) is 0 Å². The molecular weight excluding hydrogens is 512 g/mol. The van der Waals surface area contributed by atoms with Gasteiger partial charge in [0.1, 0.15) is 12.4 Å². The van der Waals surface area contributed by atoms with Crippen molar-refractivity contribution in [2.75, 3.05) is 11.1 Å². The Bertz CT molecular complexity index is 1360. The normalized spacial score (nSPS) is 10.8. The van der Waals surface area contributed by atoms with E-state index >= 15 is 0 Å². The second-order valence-electron chi connectivity index (χ2n) is 7.04. The van der Waals surface area contributed by atoms with Crippen LogP contribution in [0.2, 0.25) is 5.02 Å². The third-order valence-electron chi connectivity index (χ3n) is 4.74. The van der Waals surface area contributed by atoms with Gasteiger partial charge in [0.05, 0.1) is 21.4 Å². The van der Waals surface area contributed by atoms with Crippen molar-refractivity contribution in [3.8, 4) is 17.0 Å². The number of hydrogen-bond acceptors (Lipinski definition) is 9. The van der Waals surface area contributed by atoms with Crippen LogP contribution in [0.1, 0.15) is 12.7 Å². The van der Waals surface area contributed by atoms with E-state index in [-0.39, 0.29) is 24.0 Å². The molecule has 1 amide bonds. The maximum Gasteiger partial charge on any atom is 0.270 e. The van der Waals surface area contributed by atoms with Crippen molar-refractivity contribution in [1.82, 2.24) is 19.7 Å². The summed E-state index contributed by atoms with van der Waals surface area (Å²) in [6.07, 6.45) is 0. The zero-order valence-electron chi connectivity index (χ0n) is 18.4. The van der Waals surface area contributed by atoms with Crippen LogP contribution >= 0.6 is 34.7 Å². The second-order valence-corrected chi connectivity index (χ2v) is 9.25.